The maximum atomic E-state index is 14.7. The van der Waals surface area contributed by atoms with E-state index in [2.05, 4.69) is 108 Å². The van der Waals surface area contributed by atoms with Crippen molar-refractivity contribution in [2.75, 3.05) is 57.2 Å². The third-order valence-electron chi connectivity index (χ3n) is 24.6. The molecular formula is C92H157N23O32S2. The number of nitrogens with one attached hydrogen (secondary N) is 18. The molecule has 55 nitrogen and oxygen atoms in total. The molecule has 0 aromatic heterocycles. The first-order valence-corrected chi connectivity index (χ1v) is 51.4. The Balaban J connectivity index is 2.32. The molecule has 0 saturated carbocycles. The number of rotatable bonds is 67. The number of nitrogens with two attached hydrogens (primary N) is 3. The van der Waals surface area contributed by atoms with Crippen molar-refractivity contribution in [3.8, 4) is 0 Å². The van der Waals surface area contributed by atoms with Crippen LogP contribution in [0.2, 0.25) is 0 Å². The Kier molecular flexibility index (Phi) is 58.5. The van der Waals surface area contributed by atoms with Gasteiger partial charge in [-0.3, -0.25) is 110 Å². The quantitative estimate of drug-likeness (QED) is 0.0251. The van der Waals surface area contributed by atoms with Gasteiger partial charge in [-0.2, -0.15) is 24.4 Å². The largest absolute Gasteiger partial charge is 0.481 e. The number of carbonyl (C=O) groups is 24. The van der Waals surface area contributed by atoms with Crippen LogP contribution in [0.5, 0.6) is 0 Å². The molecule has 0 aromatic rings. The maximum Gasteiger partial charge on any atom is 0.327 e. The van der Waals surface area contributed by atoms with Gasteiger partial charge < -0.3 is 164 Å². The predicted molar refractivity (Wildman–Crippen MR) is 536 cm³/mol. The number of aliphatic hydroxyl groups is 6. The molecule has 2 saturated heterocycles. The van der Waals surface area contributed by atoms with Crippen LogP contribution in [0.1, 0.15) is 201 Å². The van der Waals surface area contributed by atoms with Gasteiger partial charge in [0.1, 0.15) is 115 Å². The first-order valence-electron chi connectivity index (χ1n) is 49.4. The number of nitrogens with zero attached hydrogens (tertiary/aromatic N) is 2. The van der Waals surface area contributed by atoms with Crippen molar-refractivity contribution in [2.24, 2.45) is 52.7 Å². The number of carboxylic acids is 2. The lowest BCUT2D eigenvalue weighted by atomic mass is 9.96. The highest BCUT2D eigenvalue weighted by atomic mass is 32.2. The molecule has 0 radical (unpaired) electrons. The molecule has 2 aliphatic heterocycles. The minimum atomic E-state index is -1.93. The van der Waals surface area contributed by atoms with Crippen molar-refractivity contribution in [2.45, 2.75) is 340 Å². The van der Waals surface area contributed by atoms with E-state index < -0.39 is 369 Å². The smallest absolute Gasteiger partial charge is 0.327 e. The average Bonchev–Trinajstić information content (AvgIpc) is 1.67. The van der Waals surface area contributed by atoms with Crippen LogP contribution in [0.3, 0.4) is 0 Å². The van der Waals surface area contributed by atoms with Crippen molar-refractivity contribution < 1.29 is 156 Å². The Morgan fingerprint density at radius 1 is 0.369 bits per heavy atom. The number of carboxylic acid groups (broad SMARTS) is 2. The molecule has 2 heterocycles. The van der Waals surface area contributed by atoms with Gasteiger partial charge in [-0.05, 0) is 133 Å². The number of carbonyl (C=O) groups excluding carboxylic acids is 22. The SMILES string of the molecule is CC[C@H](C)[C@H](NC(=O)[C@@H](NC(=O)[C@@H](NC(=O)[C@H](CO)NC(=O)[C@H](CC(C)C)NC(=O)[C@@H]1CCCN1C(=O)[C@@H](NC(=O)[C@H](CCC(N)=O)NC(=O)[C@@H](NC(=O)[C@H](CCSC)NC(=O)[C@@H](NC(=O)[C@@H](NC(=O)[C@@H](N)CC(=O)O)[C@@H](C)CC)C(C)C)[C@@H](C)O)[C@@H](C)O)C(C)C)[C@@H](C)O)C(=O)NCC(=O)N[C@@H](CCC(N)=O)C(=O)N1CCC[C@H]1C(=O)N[C@@H](C)C(=O)N[C@@H](CO)C(=O)N[C@@H](CC(C)C)C(=O)N[C@@H](CO)C(=O)N[C@@H](CS)C(=O)O. The van der Waals surface area contributed by atoms with Crippen LogP contribution in [-0.2, 0) is 115 Å². The fourth-order valence-electron chi connectivity index (χ4n) is 15.5. The van der Waals surface area contributed by atoms with Crippen LogP contribution < -0.4 is 113 Å². The molecule has 0 aromatic carbocycles. The predicted octanol–water partition coefficient (Wildman–Crippen LogP) is -10.9. The summed E-state index contributed by atoms with van der Waals surface area (Å²) in [6.45, 7) is 19.3. The lowest BCUT2D eigenvalue weighted by Gasteiger charge is -2.32. The van der Waals surface area contributed by atoms with Gasteiger partial charge >= 0.3 is 11.9 Å². The summed E-state index contributed by atoms with van der Waals surface area (Å²) in [4.78, 5) is 329. The summed E-state index contributed by atoms with van der Waals surface area (Å²) in [7, 11) is 0. The van der Waals surface area contributed by atoms with E-state index in [1.54, 1.807) is 68.6 Å². The molecule has 149 heavy (non-hydrogen) atoms. The molecule has 2 fully saturated rings. The summed E-state index contributed by atoms with van der Waals surface area (Å²) in [6.07, 6.45) is -6.08. The summed E-state index contributed by atoms with van der Waals surface area (Å²) < 4.78 is 0. The van der Waals surface area contributed by atoms with Gasteiger partial charge in [0.15, 0.2) is 0 Å². The first kappa shape index (κ1) is 133. The van der Waals surface area contributed by atoms with Crippen LogP contribution in [-0.4, -0.2) is 389 Å². The standard InChI is InChI=1S/C92H157N23O32S2/c1-18-44(11)68(84(138)96-35-64(124)98-53(25-27-63(95)123)90(144)114-29-20-22-60(114)82(136)97-46(13)73(127)103-56(36-116)79(133)101-54(32-40(3)4)77(131)104-57(37-117)80(134)106-59(39-148)92(146)147)110-89(143)71(48(15)120)112-86(140)67(43(9)10)107-81(135)58(38-118)105-78(132)55(33-41(5)6)102-83(137)61-23-21-30-115(61)91(145)72(49(16)121)113-75(129)51(24-26-62(94)122)99-88(142)70(47(14)119)111-76(130)52(28-31-149-17)100-85(139)66(42(7)8)108-87(141)69(45(12)19-2)109-74(128)50(93)34-65(125)126/h40-61,66-72,116-121,148H,18-39,93H2,1-17H3,(H2,94,122)(H2,95,123)(H,96,138)(H,97,136)(H,98,124)(H,99,142)(H,100,139)(H,101,133)(H,102,137)(H,103,127)(H,104,131)(H,105,132)(H,106,134)(H,107,135)(H,108,141)(H,109,128)(H,110,143)(H,111,130)(H,112,140)(H,113,129)(H,125,126)(H,146,147)/t44-,45-,46-,47+,48+,49+,50-,51-,52-,53-,54-,55-,56-,57-,58-,59-,60-,61-,66-,67-,68-,69-,70-,71-,72-/m0/s1. The molecule has 844 valence electrons. The first-order chi connectivity index (χ1) is 69.6. The lowest BCUT2D eigenvalue weighted by Crippen LogP contribution is -2.63. The zero-order chi connectivity index (χ0) is 114. The van der Waals surface area contributed by atoms with Crippen LogP contribution in [0.4, 0.5) is 0 Å². The van der Waals surface area contributed by atoms with Crippen molar-refractivity contribution in [1.82, 2.24) is 106 Å². The highest BCUT2D eigenvalue weighted by Crippen LogP contribution is 2.24. The van der Waals surface area contributed by atoms with Gasteiger partial charge in [-0.15, -0.1) is 0 Å². The van der Waals surface area contributed by atoms with Crippen LogP contribution >= 0.6 is 24.4 Å². The zero-order valence-corrected chi connectivity index (χ0v) is 88.9. The Morgan fingerprint density at radius 3 is 1.11 bits per heavy atom. The van der Waals surface area contributed by atoms with E-state index in [9.17, 15) is 156 Å². The molecule has 0 unspecified atom stereocenters. The monoisotopic (exact) mass is 2160 g/mol. The maximum absolute atomic E-state index is 14.7. The number of aliphatic hydroxyl groups excluding tert-OH is 6. The Bertz CT molecular complexity index is 4610. The van der Waals surface area contributed by atoms with Crippen LogP contribution in [0.25, 0.3) is 0 Å². The highest BCUT2D eigenvalue weighted by molar-refractivity contribution is 7.98. The van der Waals surface area contributed by atoms with Gasteiger partial charge in [0.25, 0.3) is 0 Å². The lowest BCUT2D eigenvalue weighted by molar-refractivity contribution is -0.145. The normalized spacial score (nSPS) is 18.1. The van der Waals surface area contributed by atoms with E-state index in [-0.39, 0.29) is 81.9 Å². The van der Waals surface area contributed by atoms with Gasteiger partial charge in [0.2, 0.25) is 130 Å². The molecule has 0 aliphatic carbocycles. The van der Waals surface area contributed by atoms with E-state index in [4.69, 9.17) is 17.2 Å². The summed E-state index contributed by atoms with van der Waals surface area (Å²) >= 11 is 5.12. The molecule has 0 bridgehead atoms. The molecule has 57 heteroatoms. The second-order valence-electron chi connectivity index (χ2n) is 38.6. The minimum absolute atomic E-state index is 0.0000172. The number of thioether (sulfide) groups is 1. The molecular weight excluding hydrogens is 2000 g/mol. The molecule has 2 rings (SSSR count). The average molecular weight is 2160 g/mol. The van der Waals surface area contributed by atoms with E-state index in [1.807, 2.05) is 0 Å². The zero-order valence-electron chi connectivity index (χ0n) is 87.2. The van der Waals surface area contributed by atoms with Gasteiger partial charge in [-0.25, -0.2) is 4.79 Å². The van der Waals surface area contributed by atoms with E-state index in [0.29, 0.717) is 6.42 Å². The third-order valence-corrected chi connectivity index (χ3v) is 25.6. The highest BCUT2D eigenvalue weighted by Gasteiger charge is 2.47. The number of hydrogen-bond donors (Lipinski definition) is 30. The summed E-state index contributed by atoms with van der Waals surface area (Å²) in [5, 5.41) is 126. The summed E-state index contributed by atoms with van der Waals surface area (Å²) in [6, 6.07) is -32.1. The van der Waals surface area contributed by atoms with Gasteiger partial charge in [0.05, 0.1) is 57.1 Å². The second kappa shape index (κ2) is 65.6. The number of hydrogen-bond acceptors (Lipinski definition) is 33. The van der Waals surface area contributed by atoms with Crippen LogP contribution in [0.15, 0.2) is 0 Å². The van der Waals surface area contributed by atoms with E-state index in [1.165, 1.54) is 39.5 Å². The van der Waals surface area contributed by atoms with Crippen LogP contribution in [0, 0.1) is 35.5 Å². The molecule has 25 atom stereocenters. The minimum Gasteiger partial charge on any atom is -0.481 e. The Hall–Kier alpha value is -12.3. The topological polar surface area (TPSA) is 873 Å². The van der Waals surface area contributed by atoms with Crippen molar-refractivity contribution >= 4 is 166 Å². The molecule has 32 N–H and O–H groups in total. The molecule has 0 spiro atoms. The van der Waals surface area contributed by atoms with Crippen molar-refractivity contribution in [3.05, 3.63) is 0 Å². The fourth-order valence-corrected chi connectivity index (χ4v) is 16.3. The number of thiol groups is 1. The number of aliphatic carboxylic acids is 2. The Morgan fingerprint density at radius 2 is 0.698 bits per heavy atom. The summed E-state index contributed by atoms with van der Waals surface area (Å²) in [5.41, 5.74) is 16.7. The Labute approximate surface area is 873 Å². The molecule has 2 aliphatic rings. The number of likely N-dealkylation sites (tertiary alicyclic amines) is 2. The molecule has 22 amide bonds. The van der Waals surface area contributed by atoms with E-state index >= 15 is 0 Å². The third kappa shape index (κ3) is 44.0. The van der Waals surface area contributed by atoms with Gasteiger partial charge in [-0.1, -0.05) is 95.9 Å². The number of primary amides is 2. The van der Waals surface area contributed by atoms with Crippen molar-refractivity contribution in [1.29, 1.82) is 0 Å². The van der Waals surface area contributed by atoms with E-state index in [0.717, 1.165) is 30.6 Å². The van der Waals surface area contributed by atoms with Gasteiger partial charge in [0, 0.05) is 31.7 Å². The second-order valence-corrected chi connectivity index (χ2v) is 40.0. The fraction of sp³-hybridized carbons (Fsp3) is 0.739. The summed E-state index contributed by atoms with van der Waals surface area (Å²) in [5.74, 6) is -29.4. The van der Waals surface area contributed by atoms with Crippen molar-refractivity contribution in [3.63, 3.8) is 0 Å². The number of amides is 22.